The van der Waals surface area contributed by atoms with E-state index in [0.717, 1.165) is 12.8 Å². The maximum absolute atomic E-state index is 6.79. The van der Waals surface area contributed by atoms with E-state index in [0.29, 0.717) is 25.6 Å². The van der Waals surface area contributed by atoms with Gasteiger partial charge in [-0.3, -0.25) is 0 Å². The second-order valence-electron chi connectivity index (χ2n) is 3.40. The third-order valence-electron chi connectivity index (χ3n) is 2.29. The average Bonchev–Trinajstić information content (AvgIpc) is 2.18. The van der Waals surface area contributed by atoms with Crippen molar-refractivity contribution in [1.29, 1.82) is 0 Å². The van der Waals surface area contributed by atoms with Crippen molar-refractivity contribution < 1.29 is 0 Å². The van der Waals surface area contributed by atoms with Crippen LogP contribution in [0.25, 0.3) is 14.5 Å². The maximum Gasteiger partial charge on any atom is 0.224 e. The van der Waals surface area contributed by atoms with Gasteiger partial charge in [-0.2, -0.15) is 0 Å². The van der Waals surface area contributed by atoms with Crippen molar-refractivity contribution in [1.82, 2.24) is 0 Å². The molecule has 0 aliphatic heterocycles. The van der Waals surface area contributed by atoms with Crippen LogP contribution in [-0.2, 0) is 0 Å². The van der Waals surface area contributed by atoms with Crippen LogP contribution in [0.5, 0.6) is 0 Å². The van der Waals surface area contributed by atoms with E-state index in [2.05, 4.69) is 21.5 Å². The number of rotatable bonds is 6. The van der Waals surface area contributed by atoms with Crippen LogP contribution < -0.4 is 0 Å². The number of hydrogen-bond acceptors (Lipinski definition) is 0. The Morgan fingerprint density at radius 1 is 0.857 bits per heavy atom. The predicted octanol–water partition coefficient (Wildman–Crippen LogP) is 2.78. The van der Waals surface area contributed by atoms with Gasteiger partial charge in [-0.05, 0) is 12.8 Å². The van der Waals surface area contributed by atoms with Crippen molar-refractivity contribution in [3.8, 4) is 0 Å². The van der Waals surface area contributed by atoms with Crippen LogP contribution in [0.3, 0.4) is 0 Å². The molecule has 0 fully saturated rings. The molecule has 0 saturated heterocycles. The van der Waals surface area contributed by atoms with Gasteiger partial charge >= 0.3 is 0 Å². The molecule has 0 aromatic heterocycles. The van der Waals surface area contributed by atoms with Gasteiger partial charge in [0, 0.05) is 5.92 Å². The molecule has 3 nitrogen and oxygen atoms in total. The summed E-state index contributed by atoms with van der Waals surface area (Å²) in [5, 5.41) is 0. The summed E-state index contributed by atoms with van der Waals surface area (Å²) in [6.07, 6.45) is 1.82. The molecule has 0 aliphatic rings. The highest BCUT2D eigenvalue weighted by Gasteiger charge is 2.21. The summed E-state index contributed by atoms with van der Waals surface area (Å²) < 4.78 is 0. The highest BCUT2D eigenvalue weighted by molar-refractivity contribution is 4.81. The molecule has 0 N–H and O–H groups in total. The lowest BCUT2D eigenvalue weighted by Gasteiger charge is -2.10. The van der Waals surface area contributed by atoms with Crippen LogP contribution >= 0.6 is 0 Å². The van der Waals surface area contributed by atoms with Crippen LogP contribution in [0.4, 0.5) is 0 Å². The van der Waals surface area contributed by atoms with Gasteiger partial charge in [0.2, 0.25) is 19.6 Å². The Morgan fingerprint density at radius 3 is 1.64 bits per heavy atom. The molecule has 74 valence electrons. The fourth-order valence-electron chi connectivity index (χ4n) is 1.44. The molecule has 0 heterocycles. The van der Waals surface area contributed by atoms with Gasteiger partial charge in [-0.15, -0.1) is 0 Å². The summed E-state index contributed by atoms with van der Waals surface area (Å²) in [6.45, 7) is 23.8. The van der Waals surface area contributed by atoms with Crippen LogP contribution in [0, 0.1) is 31.6 Å². The average molecular weight is 189 g/mol. The topological polar surface area (TPSA) is 13.1 Å². The lowest BCUT2D eigenvalue weighted by molar-refractivity contribution is 0.411. The molecule has 3 heteroatoms. The van der Waals surface area contributed by atoms with E-state index in [-0.39, 0.29) is 5.92 Å². The molecule has 0 saturated carbocycles. The normalized spacial score (nSPS) is 11.4. The quantitative estimate of drug-likeness (QED) is 0.570. The van der Waals surface area contributed by atoms with Crippen LogP contribution in [-0.4, -0.2) is 19.6 Å². The first-order valence-corrected chi connectivity index (χ1v) is 4.78. The minimum absolute atomic E-state index is 0.164. The molecule has 0 radical (unpaired) electrons. The van der Waals surface area contributed by atoms with Crippen molar-refractivity contribution in [2.24, 2.45) is 11.8 Å². The zero-order chi connectivity index (χ0) is 10.8. The summed E-state index contributed by atoms with van der Waals surface area (Å²) in [4.78, 5) is 10.0. The third-order valence-corrected chi connectivity index (χ3v) is 2.29. The van der Waals surface area contributed by atoms with Crippen LogP contribution in [0.15, 0.2) is 0 Å². The molecule has 0 rings (SSSR count). The summed E-state index contributed by atoms with van der Waals surface area (Å²) in [5.74, 6) is 0.526. The molecule has 1 atom stereocenters. The molecule has 0 aromatic rings. The smallest absolute Gasteiger partial charge is 0.224 e. The molecule has 1 unspecified atom stereocenters. The first-order valence-electron chi connectivity index (χ1n) is 4.78. The van der Waals surface area contributed by atoms with E-state index in [4.69, 9.17) is 19.7 Å². The Kier molecular flexibility index (Phi) is 7.20. The minimum Gasteiger partial charge on any atom is -0.317 e. The second-order valence-corrected chi connectivity index (χ2v) is 3.40. The molecular weight excluding hydrogens is 174 g/mol. The van der Waals surface area contributed by atoms with Crippen LogP contribution in [0.1, 0.15) is 19.8 Å². The number of hydrogen-bond donors (Lipinski definition) is 0. The van der Waals surface area contributed by atoms with E-state index >= 15 is 0 Å². The highest BCUT2D eigenvalue weighted by atomic mass is 14.7. The standard InChI is InChI=1S/C11H15N3/c1-5-10(7-12-2)6-11(8-13-3)9-14-4/h10-11H,5-9H2,1H3. The van der Waals surface area contributed by atoms with Crippen LogP contribution in [0.2, 0.25) is 0 Å². The Balaban J connectivity index is 4.07. The predicted molar refractivity (Wildman–Crippen MR) is 56.3 cm³/mol. The third kappa shape index (κ3) is 5.18. The zero-order valence-electron chi connectivity index (χ0n) is 8.53. The Hall–Kier alpha value is -1.53. The largest absolute Gasteiger partial charge is 0.317 e. The fraction of sp³-hybridized carbons (Fsp3) is 0.727. The fourth-order valence-corrected chi connectivity index (χ4v) is 1.44. The molecule has 0 amide bonds. The lowest BCUT2D eigenvalue weighted by atomic mass is 9.92. The van der Waals surface area contributed by atoms with E-state index in [1.165, 1.54) is 0 Å². The van der Waals surface area contributed by atoms with E-state index in [9.17, 15) is 0 Å². The molecular formula is C11H15N3. The molecule has 14 heavy (non-hydrogen) atoms. The summed E-state index contributed by atoms with van der Waals surface area (Å²) >= 11 is 0. The Labute approximate surface area is 86.2 Å². The van der Waals surface area contributed by atoms with Gasteiger partial charge in [0.25, 0.3) is 0 Å². The van der Waals surface area contributed by atoms with E-state index in [1.54, 1.807) is 0 Å². The van der Waals surface area contributed by atoms with Crippen molar-refractivity contribution in [3.63, 3.8) is 0 Å². The van der Waals surface area contributed by atoms with E-state index < -0.39 is 0 Å². The molecule has 0 spiro atoms. The minimum atomic E-state index is 0.164. The monoisotopic (exact) mass is 189 g/mol. The summed E-state index contributed by atoms with van der Waals surface area (Å²) in [6, 6.07) is 0. The van der Waals surface area contributed by atoms with Gasteiger partial charge in [0.05, 0.1) is 0 Å². The zero-order valence-corrected chi connectivity index (χ0v) is 8.53. The Bertz CT molecular complexity index is 248. The first-order chi connectivity index (χ1) is 6.78. The molecule has 0 aromatic carbocycles. The maximum atomic E-state index is 6.79. The SMILES string of the molecule is [C-]#[N+]CC(CC)CC(C[N+]#[C-])C[N+]#[C-]. The highest BCUT2D eigenvalue weighted by Crippen LogP contribution is 2.17. The molecule has 0 bridgehead atoms. The van der Waals surface area contributed by atoms with Crippen molar-refractivity contribution in [2.75, 3.05) is 19.6 Å². The first kappa shape index (κ1) is 12.5. The summed E-state index contributed by atoms with van der Waals surface area (Å²) in [5.41, 5.74) is 0. The van der Waals surface area contributed by atoms with E-state index in [1.807, 2.05) is 0 Å². The molecule has 0 aliphatic carbocycles. The van der Waals surface area contributed by atoms with Gasteiger partial charge < -0.3 is 14.5 Å². The van der Waals surface area contributed by atoms with Gasteiger partial charge in [-0.25, -0.2) is 19.7 Å². The summed E-state index contributed by atoms with van der Waals surface area (Å²) in [7, 11) is 0. The Morgan fingerprint density at radius 2 is 1.29 bits per heavy atom. The van der Waals surface area contributed by atoms with Crippen molar-refractivity contribution in [3.05, 3.63) is 34.3 Å². The van der Waals surface area contributed by atoms with Gasteiger partial charge in [0.1, 0.15) is 5.92 Å². The second kappa shape index (κ2) is 8.09. The van der Waals surface area contributed by atoms with Gasteiger partial charge in [-0.1, -0.05) is 6.92 Å². The van der Waals surface area contributed by atoms with Crippen molar-refractivity contribution in [2.45, 2.75) is 19.8 Å². The lowest BCUT2D eigenvalue weighted by Crippen LogP contribution is -2.14. The van der Waals surface area contributed by atoms with Gasteiger partial charge in [0.15, 0.2) is 0 Å². The van der Waals surface area contributed by atoms with Crippen molar-refractivity contribution >= 4 is 0 Å². The number of nitrogens with zero attached hydrogens (tertiary/aromatic N) is 3.